The fourth-order valence-corrected chi connectivity index (χ4v) is 3.79. The van der Waals surface area contributed by atoms with Gasteiger partial charge in [0.1, 0.15) is 18.3 Å². The Balaban J connectivity index is 2.06. The normalized spacial score (nSPS) is 36.2. The third-order valence-corrected chi connectivity index (χ3v) is 5.05. The molecule has 3 aliphatic heterocycles. The van der Waals surface area contributed by atoms with Crippen molar-refractivity contribution in [1.29, 1.82) is 0 Å². The van der Waals surface area contributed by atoms with E-state index in [1.165, 1.54) is 0 Å². The van der Waals surface area contributed by atoms with Crippen molar-refractivity contribution in [2.75, 3.05) is 7.11 Å². The number of rotatable bonds is 3. The van der Waals surface area contributed by atoms with Crippen LogP contribution in [-0.4, -0.2) is 43.1 Å². The minimum Gasteiger partial charge on any atom is -0.458 e. The van der Waals surface area contributed by atoms with Crippen LogP contribution in [0.25, 0.3) is 0 Å². The van der Waals surface area contributed by atoms with Crippen molar-refractivity contribution in [3.63, 3.8) is 0 Å². The van der Waals surface area contributed by atoms with Gasteiger partial charge >= 0.3 is 11.9 Å². The number of carbonyl (C=O) groups excluding carboxylic acids is 2. The predicted molar refractivity (Wildman–Crippen MR) is 93.9 cm³/mol. The van der Waals surface area contributed by atoms with Crippen LogP contribution in [-0.2, 0) is 28.5 Å². The molecule has 0 radical (unpaired) electrons. The molecule has 6 heteroatoms. The van der Waals surface area contributed by atoms with Gasteiger partial charge in [-0.15, -0.1) is 0 Å². The lowest BCUT2D eigenvalue weighted by atomic mass is 9.83. The van der Waals surface area contributed by atoms with Gasteiger partial charge in [-0.1, -0.05) is 18.7 Å². The lowest BCUT2D eigenvalue weighted by Gasteiger charge is -2.30. The predicted octanol–water partition coefficient (Wildman–Crippen LogP) is 2.61. The molecule has 0 spiro atoms. The molecule has 0 aromatic heterocycles. The molecule has 3 aliphatic rings. The van der Waals surface area contributed by atoms with Crippen LogP contribution in [0.1, 0.15) is 27.2 Å². The number of esters is 2. The molecule has 0 saturated carbocycles. The molecular formula is C20H24O6. The zero-order valence-electron chi connectivity index (χ0n) is 15.5. The van der Waals surface area contributed by atoms with Crippen LogP contribution in [0.3, 0.4) is 0 Å². The highest BCUT2D eigenvalue weighted by Crippen LogP contribution is 2.44. The van der Waals surface area contributed by atoms with E-state index < -0.39 is 42.0 Å². The molecule has 5 unspecified atom stereocenters. The summed E-state index contributed by atoms with van der Waals surface area (Å²) in [5.74, 6) is -2.53. The summed E-state index contributed by atoms with van der Waals surface area (Å²) < 4.78 is 23.0. The third-order valence-electron chi connectivity index (χ3n) is 5.05. The smallest absolute Gasteiger partial charge is 0.334 e. The van der Waals surface area contributed by atoms with Crippen molar-refractivity contribution in [2.24, 2.45) is 5.92 Å². The Morgan fingerprint density at radius 2 is 2.04 bits per heavy atom. The molecule has 0 aromatic rings. The first-order valence-corrected chi connectivity index (χ1v) is 8.54. The minimum atomic E-state index is -1.02. The second-order valence-electron chi connectivity index (χ2n) is 7.19. The molecule has 5 atom stereocenters. The first-order valence-electron chi connectivity index (χ1n) is 8.54. The van der Waals surface area contributed by atoms with E-state index in [9.17, 15) is 9.59 Å². The van der Waals surface area contributed by atoms with Gasteiger partial charge in [0, 0.05) is 24.7 Å². The maximum absolute atomic E-state index is 12.2. The average Bonchev–Trinajstić information content (AvgIpc) is 3.04. The fraction of sp³-hybridized carbons (Fsp3) is 0.500. The lowest BCUT2D eigenvalue weighted by molar-refractivity contribution is -0.189. The number of hydrogen-bond acceptors (Lipinski definition) is 6. The molecule has 6 nitrogen and oxygen atoms in total. The molecule has 0 aliphatic carbocycles. The number of fused-ring (bicyclic) bond motifs is 4. The van der Waals surface area contributed by atoms with E-state index in [2.05, 4.69) is 13.2 Å². The van der Waals surface area contributed by atoms with Crippen molar-refractivity contribution < 1.29 is 28.5 Å². The van der Waals surface area contributed by atoms with Crippen LogP contribution in [0.5, 0.6) is 0 Å². The highest BCUT2D eigenvalue weighted by molar-refractivity contribution is 5.91. The van der Waals surface area contributed by atoms with Gasteiger partial charge in [-0.25, -0.2) is 9.59 Å². The molecule has 1 saturated heterocycles. The van der Waals surface area contributed by atoms with E-state index in [1.54, 1.807) is 14.0 Å². The summed E-state index contributed by atoms with van der Waals surface area (Å²) >= 11 is 0. The Labute approximate surface area is 153 Å². The number of ether oxygens (including phenoxy) is 4. The fourth-order valence-electron chi connectivity index (χ4n) is 3.79. The zero-order valence-corrected chi connectivity index (χ0v) is 15.5. The summed E-state index contributed by atoms with van der Waals surface area (Å²) in [7, 11) is 1.56. The Kier molecular flexibility index (Phi) is 4.67. The number of carbonyl (C=O) groups is 2. The molecule has 0 amide bonds. The quantitative estimate of drug-likeness (QED) is 0.438. The zero-order chi connectivity index (χ0) is 19.2. The summed E-state index contributed by atoms with van der Waals surface area (Å²) in [6, 6.07) is 0. The maximum atomic E-state index is 12.2. The summed E-state index contributed by atoms with van der Waals surface area (Å²) in [4.78, 5) is 24.4. The average molecular weight is 360 g/mol. The van der Waals surface area contributed by atoms with E-state index >= 15 is 0 Å². The monoisotopic (exact) mass is 360 g/mol. The van der Waals surface area contributed by atoms with Gasteiger partial charge in [-0.05, 0) is 38.5 Å². The summed E-state index contributed by atoms with van der Waals surface area (Å²) in [5, 5.41) is 0. The van der Waals surface area contributed by atoms with Crippen molar-refractivity contribution in [3.8, 4) is 0 Å². The standard InChI is InChI=1S/C20H24O6/c1-10(2)18(21)24-14-7-11(3)8-20(23-6)9-12(4)16(26-20)17-15(14)13(5)19(22)25-17/h8-9,14-17H,1,5,7H2,2-4,6H3. The van der Waals surface area contributed by atoms with Crippen molar-refractivity contribution in [3.05, 3.63) is 47.6 Å². The van der Waals surface area contributed by atoms with Gasteiger partial charge in [0.05, 0.1) is 5.92 Å². The largest absolute Gasteiger partial charge is 0.458 e. The van der Waals surface area contributed by atoms with E-state index in [0.717, 1.165) is 11.1 Å². The minimum absolute atomic E-state index is 0.288. The number of hydrogen-bond donors (Lipinski definition) is 0. The summed E-state index contributed by atoms with van der Waals surface area (Å²) in [6.45, 7) is 12.9. The second-order valence-corrected chi connectivity index (χ2v) is 7.19. The number of methoxy groups -OCH3 is 1. The van der Waals surface area contributed by atoms with E-state index in [-0.39, 0.29) is 5.57 Å². The van der Waals surface area contributed by atoms with E-state index in [1.807, 2.05) is 26.0 Å². The van der Waals surface area contributed by atoms with Gasteiger partial charge in [-0.3, -0.25) is 0 Å². The first kappa shape index (κ1) is 18.6. The molecule has 26 heavy (non-hydrogen) atoms. The Hall–Kier alpha value is -2.18. The van der Waals surface area contributed by atoms with Gasteiger partial charge in [0.15, 0.2) is 0 Å². The molecule has 2 bridgehead atoms. The molecular weight excluding hydrogens is 336 g/mol. The summed E-state index contributed by atoms with van der Waals surface area (Å²) in [5.41, 5.74) is 2.38. The molecule has 1 fully saturated rings. The van der Waals surface area contributed by atoms with Crippen LogP contribution in [0.4, 0.5) is 0 Å². The van der Waals surface area contributed by atoms with Gasteiger partial charge < -0.3 is 18.9 Å². The van der Waals surface area contributed by atoms with Crippen LogP contribution in [0.2, 0.25) is 0 Å². The van der Waals surface area contributed by atoms with E-state index in [0.29, 0.717) is 12.0 Å². The van der Waals surface area contributed by atoms with Gasteiger partial charge in [-0.2, -0.15) is 0 Å². The van der Waals surface area contributed by atoms with Crippen LogP contribution >= 0.6 is 0 Å². The maximum Gasteiger partial charge on any atom is 0.334 e. The SMILES string of the molecule is C=C(C)C(=O)OC1CC(C)=CC2(OC)C=C(C)C(O2)C2OC(=O)C(=C)C12. The van der Waals surface area contributed by atoms with Crippen molar-refractivity contribution in [1.82, 2.24) is 0 Å². The topological polar surface area (TPSA) is 71.1 Å². The third kappa shape index (κ3) is 3.04. The van der Waals surface area contributed by atoms with Crippen molar-refractivity contribution in [2.45, 2.75) is 51.3 Å². The highest BCUT2D eigenvalue weighted by Gasteiger charge is 2.54. The molecule has 3 heterocycles. The van der Waals surface area contributed by atoms with Crippen LogP contribution < -0.4 is 0 Å². The Morgan fingerprint density at radius 1 is 1.35 bits per heavy atom. The van der Waals surface area contributed by atoms with E-state index in [4.69, 9.17) is 18.9 Å². The molecule has 0 aromatic carbocycles. The molecule has 3 rings (SSSR count). The molecule has 140 valence electrons. The van der Waals surface area contributed by atoms with Crippen molar-refractivity contribution >= 4 is 11.9 Å². The molecule has 0 N–H and O–H groups in total. The van der Waals surface area contributed by atoms with Gasteiger partial charge in [0.25, 0.3) is 0 Å². The van der Waals surface area contributed by atoms with Gasteiger partial charge in [0.2, 0.25) is 5.79 Å². The highest BCUT2D eigenvalue weighted by atomic mass is 16.7. The van der Waals surface area contributed by atoms with Crippen LogP contribution in [0, 0.1) is 5.92 Å². The first-order chi connectivity index (χ1) is 12.2. The lowest BCUT2D eigenvalue weighted by Crippen LogP contribution is -2.41. The van der Waals surface area contributed by atoms with Crippen LogP contribution in [0.15, 0.2) is 47.6 Å². The second kappa shape index (κ2) is 6.52. The summed E-state index contributed by atoms with van der Waals surface area (Å²) in [6.07, 6.45) is 2.41. The Morgan fingerprint density at radius 3 is 2.65 bits per heavy atom. The Bertz CT molecular complexity index is 745.